The van der Waals surface area contributed by atoms with E-state index in [1.54, 1.807) is 17.5 Å². The second-order valence-electron chi connectivity index (χ2n) is 4.06. The number of halogens is 1. The van der Waals surface area contributed by atoms with Gasteiger partial charge in [-0.2, -0.15) is 0 Å². The zero-order valence-electron chi connectivity index (χ0n) is 10.9. The molecular weight excluding hydrogens is 282 g/mol. The van der Waals surface area contributed by atoms with Crippen molar-refractivity contribution in [2.24, 2.45) is 0 Å². The van der Waals surface area contributed by atoms with Crippen molar-refractivity contribution in [3.05, 3.63) is 33.7 Å². The predicted octanol–water partition coefficient (Wildman–Crippen LogP) is 3.48. The van der Waals surface area contributed by atoms with Gasteiger partial charge in [0.25, 0.3) is 0 Å². The van der Waals surface area contributed by atoms with Gasteiger partial charge < -0.3 is 14.6 Å². The molecule has 0 bridgehead atoms. The SMILES string of the molecule is CCOCCCNc1nccn1Cc1ccc(Cl)s1. The van der Waals surface area contributed by atoms with Crippen LogP contribution in [0.3, 0.4) is 0 Å². The first kappa shape index (κ1) is 14.4. The van der Waals surface area contributed by atoms with Crippen LogP contribution in [0.25, 0.3) is 0 Å². The van der Waals surface area contributed by atoms with E-state index in [9.17, 15) is 0 Å². The van der Waals surface area contributed by atoms with Gasteiger partial charge in [-0.15, -0.1) is 11.3 Å². The normalized spacial score (nSPS) is 10.8. The van der Waals surface area contributed by atoms with Crippen molar-refractivity contribution < 1.29 is 4.74 Å². The van der Waals surface area contributed by atoms with Crippen LogP contribution in [0.1, 0.15) is 18.2 Å². The Labute approximate surface area is 122 Å². The Hall–Kier alpha value is -1.04. The zero-order valence-corrected chi connectivity index (χ0v) is 12.5. The third-order valence-corrected chi connectivity index (χ3v) is 3.84. The number of rotatable bonds is 8. The molecule has 0 amide bonds. The van der Waals surface area contributed by atoms with E-state index in [1.807, 2.05) is 25.3 Å². The number of imidazole rings is 1. The number of nitrogens with one attached hydrogen (secondary N) is 1. The van der Waals surface area contributed by atoms with Crippen molar-refractivity contribution in [3.63, 3.8) is 0 Å². The Morgan fingerprint density at radius 1 is 1.47 bits per heavy atom. The van der Waals surface area contributed by atoms with Crippen LogP contribution in [0.2, 0.25) is 4.34 Å². The van der Waals surface area contributed by atoms with Crippen molar-refractivity contribution in [3.8, 4) is 0 Å². The van der Waals surface area contributed by atoms with Gasteiger partial charge in [-0.25, -0.2) is 4.98 Å². The summed E-state index contributed by atoms with van der Waals surface area (Å²) < 4.78 is 8.21. The number of hydrogen-bond donors (Lipinski definition) is 1. The van der Waals surface area contributed by atoms with Crippen molar-refractivity contribution in [2.75, 3.05) is 25.1 Å². The Morgan fingerprint density at radius 3 is 3.11 bits per heavy atom. The van der Waals surface area contributed by atoms with Crippen LogP contribution in [-0.2, 0) is 11.3 Å². The molecule has 0 atom stereocenters. The van der Waals surface area contributed by atoms with E-state index < -0.39 is 0 Å². The second kappa shape index (κ2) is 7.53. The summed E-state index contributed by atoms with van der Waals surface area (Å²) in [6, 6.07) is 3.97. The van der Waals surface area contributed by atoms with Gasteiger partial charge in [-0.1, -0.05) is 11.6 Å². The van der Waals surface area contributed by atoms with Gasteiger partial charge in [0.15, 0.2) is 0 Å². The molecule has 0 aliphatic carbocycles. The van der Waals surface area contributed by atoms with E-state index >= 15 is 0 Å². The highest BCUT2D eigenvalue weighted by Crippen LogP contribution is 2.23. The lowest BCUT2D eigenvalue weighted by atomic mass is 10.4. The summed E-state index contributed by atoms with van der Waals surface area (Å²) in [5.74, 6) is 0.890. The van der Waals surface area contributed by atoms with Crippen molar-refractivity contribution in [2.45, 2.75) is 19.9 Å². The molecule has 0 fully saturated rings. The summed E-state index contributed by atoms with van der Waals surface area (Å²) in [7, 11) is 0. The smallest absolute Gasteiger partial charge is 0.203 e. The van der Waals surface area contributed by atoms with Gasteiger partial charge in [0.2, 0.25) is 5.95 Å². The first-order valence-electron chi connectivity index (χ1n) is 6.36. The molecule has 0 saturated carbocycles. The minimum absolute atomic E-state index is 0.772. The molecule has 0 saturated heterocycles. The van der Waals surface area contributed by atoms with Crippen molar-refractivity contribution in [1.29, 1.82) is 0 Å². The lowest BCUT2D eigenvalue weighted by Gasteiger charge is -2.08. The topological polar surface area (TPSA) is 39.1 Å². The molecule has 0 unspecified atom stereocenters. The van der Waals surface area contributed by atoms with E-state index in [2.05, 4.69) is 14.9 Å². The van der Waals surface area contributed by atoms with E-state index in [0.717, 1.165) is 43.0 Å². The van der Waals surface area contributed by atoms with Crippen LogP contribution in [-0.4, -0.2) is 29.3 Å². The number of hydrogen-bond acceptors (Lipinski definition) is 4. The van der Waals surface area contributed by atoms with E-state index in [4.69, 9.17) is 16.3 Å². The van der Waals surface area contributed by atoms with Gasteiger partial charge in [0.1, 0.15) is 0 Å². The van der Waals surface area contributed by atoms with Gasteiger partial charge in [0.05, 0.1) is 10.9 Å². The van der Waals surface area contributed by atoms with Crippen LogP contribution in [0.15, 0.2) is 24.5 Å². The maximum atomic E-state index is 5.94. The van der Waals surface area contributed by atoms with E-state index in [0.29, 0.717) is 0 Å². The third-order valence-electron chi connectivity index (χ3n) is 2.62. The molecule has 0 aliphatic heterocycles. The lowest BCUT2D eigenvalue weighted by Crippen LogP contribution is -2.10. The molecule has 0 aliphatic rings. The Balaban J connectivity index is 1.83. The van der Waals surface area contributed by atoms with Gasteiger partial charge in [-0.3, -0.25) is 0 Å². The maximum absolute atomic E-state index is 5.94. The zero-order chi connectivity index (χ0) is 13.5. The highest BCUT2D eigenvalue weighted by atomic mass is 35.5. The molecule has 1 N–H and O–H groups in total. The highest BCUT2D eigenvalue weighted by molar-refractivity contribution is 7.16. The van der Waals surface area contributed by atoms with Crippen LogP contribution < -0.4 is 5.32 Å². The molecule has 19 heavy (non-hydrogen) atoms. The fourth-order valence-corrected chi connectivity index (χ4v) is 2.81. The number of aromatic nitrogens is 2. The average molecular weight is 300 g/mol. The summed E-state index contributed by atoms with van der Waals surface area (Å²) in [6.07, 6.45) is 4.75. The molecule has 4 nitrogen and oxygen atoms in total. The molecule has 0 aromatic carbocycles. The third kappa shape index (κ3) is 4.53. The highest BCUT2D eigenvalue weighted by Gasteiger charge is 2.04. The molecular formula is C13H18ClN3OS. The Morgan fingerprint density at radius 2 is 2.37 bits per heavy atom. The minimum Gasteiger partial charge on any atom is -0.382 e. The molecule has 2 heterocycles. The Kier molecular flexibility index (Phi) is 5.69. The summed E-state index contributed by atoms with van der Waals surface area (Å²) in [5, 5.41) is 3.32. The van der Waals surface area contributed by atoms with E-state index in [-0.39, 0.29) is 0 Å². The monoisotopic (exact) mass is 299 g/mol. The molecule has 0 radical (unpaired) electrons. The van der Waals surface area contributed by atoms with Gasteiger partial charge >= 0.3 is 0 Å². The summed E-state index contributed by atoms with van der Waals surface area (Å²) in [4.78, 5) is 5.54. The van der Waals surface area contributed by atoms with E-state index in [1.165, 1.54) is 4.88 Å². The fourth-order valence-electron chi connectivity index (χ4n) is 1.73. The number of ether oxygens (including phenoxy) is 1. The summed E-state index contributed by atoms with van der Waals surface area (Å²) in [6.45, 7) is 5.22. The standard InChI is InChI=1S/C13H18ClN3OS/c1-2-18-9-3-6-15-13-16-7-8-17(13)10-11-4-5-12(14)19-11/h4-5,7-8H,2-3,6,9-10H2,1H3,(H,15,16). The molecule has 104 valence electrons. The quantitative estimate of drug-likeness (QED) is 0.759. The van der Waals surface area contributed by atoms with Gasteiger partial charge in [0, 0.05) is 37.0 Å². The maximum Gasteiger partial charge on any atom is 0.203 e. The summed E-state index contributed by atoms with van der Waals surface area (Å²) >= 11 is 7.54. The fraction of sp³-hybridized carbons (Fsp3) is 0.462. The molecule has 0 spiro atoms. The predicted molar refractivity (Wildman–Crippen MR) is 80.3 cm³/mol. The van der Waals surface area contributed by atoms with Gasteiger partial charge in [-0.05, 0) is 25.5 Å². The van der Waals surface area contributed by atoms with Crippen LogP contribution in [0.4, 0.5) is 5.95 Å². The first-order chi connectivity index (χ1) is 9.29. The Bertz CT molecular complexity index is 498. The number of nitrogens with zero attached hydrogens (tertiary/aromatic N) is 2. The summed E-state index contributed by atoms with van der Waals surface area (Å²) in [5.41, 5.74) is 0. The molecule has 2 aromatic rings. The van der Waals surface area contributed by atoms with Crippen LogP contribution in [0, 0.1) is 0 Å². The lowest BCUT2D eigenvalue weighted by molar-refractivity contribution is 0.147. The molecule has 6 heteroatoms. The van der Waals surface area contributed by atoms with Crippen LogP contribution in [0.5, 0.6) is 0 Å². The largest absolute Gasteiger partial charge is 0.382 e. The number of anilines is 1. The minimum atomic E-state index is 0.772. The average Bonchev–Trinajstić information content (AvgIpc) is 3.00. The van der Waals surface area contributed by atoms with Crippen molar-refractivity contribution in [1.82, 2.24) is 9.55 Å². The van der Waals surface area contributed by atoms with Crippen LogP contribution >= 0.6 is 22.9 Å². The number of thiophene rings is 1. The first-order valence-corrected chi connectivity index (χ1v) is 7.56. The second-order valence-corrected chi connectivity index (χ2v) is 5.86. The molecule has 2 rings (SSSR count). The van der Waals surface area contributed by atoms with Crippen molar-refractivity contribution >= 4 is 28.9 Å². The molecule has 2 aromatic heterocycles.